The lowest BCUT2D eigenvalue weighted by molar-refractivity contribution is 1.32. The number of anilines is 1. The van der Waals surface area contributed by atoms with Gasteiger partial charge in [0, 0.05) is 22.5 Å². The zero-order chi connectivity index (χ0) is 9.30. The van der Waals surface area contributed by atoms with Crippen molar-refractivity contribution in [1.82, 2.24) is 0 Å². The van der Waals surface area contributed by atoms with Gasteiger partial charge in [-0.25, -0.2) is 0 Å². The van der Waals surface area contributed by atoms with Crippen LogP contribution in [0.2, 0.25) is 5.02 Å². The Morgan fingerprint density at radius 3 is 2.50 bits per heavy atom. The molecule has 0 heterocycles. The first-order valence-corrected chi connectivity index (χ1v) is 4.01. The number of nitrogen functional groups attached to an aromatic ring is 1. The second kappa shape index (κ2) is 3.15. The van der Waals surface area contributed by atoms with Crippen LogP contribution in [0, 0.1) is 19.3 Å². The van der Waals surface area contributed by atoms with Gasteiger partial charge in [-0.15, -0.1) is 0 Å². The Bertz CT molecular complexity index is 332. The van der Waals surface area contributed by atoms with Crippen molar-refractivity contribution in [1.29, 1.82) is 5.41 Å². The summed E-state index contributed by atoms with van der Waals surface area (Å²) < 4.78 is 0. The molecule has 0 unspecified atom stereocenters. The second-order valence-corrected chi connectivity index (χ2v) is 3.16. The van der Waals surface area contributed by atoms with E-state index in [1.807, 2.05) is 13.8 Å². The van der Waals surface area contributed by atoms with Crippen LogP contribution in [0.25, 0.3) is 0 Å². The third-order valence-corrected chi connectivity index (χ3v) is 2.45. The Labute approximate surface area is 76.9 Å². The summed E-state index contributed by atoms with van der Waals surface area (Å²) >= 11 is 5.89. The lowest BCUT2D eigenvalue weighted by Crippen LogP contribution is -1.98. The minimum absolute atomic E-state index is 0.568. The molecule has 0 aliphatic heterocycles. The van der Waals surface area contributed by atoms with E-state index in [0.29, 0.717) is 10.7 Å². The molecule has 3 N–H and O–H groups in total. The first-order chi connectivity index (χ1) is 5.57. The van der Waals surface area contributed by atoms with Gasteiger partial charge in [0.15, 0.2) is 0 Å². The molecular weight excluding hydrogens is 172 g/mol. The van der Waals surface area contributed by atoms with Gasteiger partial charge in [-0.05, 0) is 31.0 Å². The molecule has 3 heteroatoms. The molecule has 0 saturated heterocycles. The van der Waals surface area contributed by atoms with Crippen LogP contribution in [0.15, 0.2) is 6.07 Å². The van der Waals surface area contributed by atoms with Crippen molar-refractivity contribution >= 4 is 23.5 Å². The lowest BCUT2D eigenvalue weighted by Gasteiger charge is -2.09. The van der Waals surface area contributed by atoms with Crippen molar-refractivity contribution in [2.45, 2.75) is 13.8 Å². The van der Waals surface area contributed by atoms with Gasteiger partial charge in [-0.1, -0.05) is 11.6 Å². The van der Waals surface area contributed by atoms with Crippen molar-refractivity contribution in [3.8, 4) is 0 Å². The number of nitrogens with two attached hydrogens (primary N) is 1. The smallest absolute Gasteiger partial charge is 0.0458 e. The summed E-state index contributed by atoms with van der Waals surface area (Å²) in [6, 6.07) is 1.68. The summed E-state index contributed by atoms with van der Waals surface area (Å²) in [5.41, 5.74) is 8.97. The maximum absolute atomic E-state index is 7.14. The third kappa shape index (κ3) is 1.30. The quantitative estimate of drug-likeness (QED) is 0.509. The number of hydrogen-bond acceptors (Lipinski definition) is 2. The summed E-state index contributed by atoms with van der Waals surface area (Å²) in [4.78, 5) is 0. The van der Waals surface area contributed by atoms with Gasteiger partial charge in [0.1, 0.15) is 0 Å². The molecule has 64 valence electrons. The monoisotopic (exact) mass is 182 g/mol. The van der Waals surface area contributed by atoms with E-state index in [1.165, 1.54) is 6.21 Å². The van der Waals surface area contributed by atoms with E-state index < -0.39 is 0 Å². The molecule has 0 aliphatic rings. The van der Waals surface area contributed by atoms with E-state index >= 15 is 0 Å². The topological polar surface area (TPSA) is 49.9 Å². The van der Waals surface area contributed by atoms with E-state index in [2.05, 4.69) is 0 Å². The van der Waals surface area contributed by atoms with Crippen LogP contribution < -0.4 is 5.73 Å². The highest BCUT2D eigenvalue weighted by atomic mass is 35.5. The molecular formula is C9H11ClN2. The molecule has 0 aromatic heterocycles. The van der Waals surface area contributed by atoms with Gasteiger partial charge in [0.25, 0.3) is 0 Å². The fourth-order valence-electron chi connectivity index (χ4n) is 1.11. The Balaban J connectivity index is 3.51. The minimum Gasteiger partial charge on any atom is -0.398 e. The van der Waals surface area contributed by atoms with Gasteiger partial charge in [0.05, 0.1) is 0 Å². The van der Waals surface area contributed by atoms with Gasteiger partial charge in [-0.2, -0.15) is 0 Å². The maximum atomic E-state index is 7.14. The van der Waals surface area contributed by atoms with E-state index in [-0.39, 0.29) is 0 Å². The largest absolute Gasteiger partial charge is 0.398 e. The third-order valence-electron chi connectivity index (χ3n) is 2.06. The van der Waals surface area contributed by atoms with Crippen LogP contribution in [0.1, 0.15) is 16.7 Å². The molecule has 0 atom stereocenters. The van der Waals surface area contributed by atoms with E-state index in [1.54, 1.807) is 6.07 Å². The first-order valence-electron chi connectivity index (χ1n) is 3.63. The van der Waals surface area contributed by atoms with Crippen LogP contribution in [0.3, 0.4) is 0 Å². The molecule has 0 spiro atoms. The molecule has 0 aliphatic carbocycles. The highest BCUT2D eigenvalue weighted by Gasteiger charge is 2.06. The molecule has 2 nitrogen and oxygen atoms in total. The predicted octanol–water partition coefficient (Wildman–Crippen LogP) is 2.54. The van der Waals surface area contributed by atoms with E-state index in [0.717, 1.165) is 16.7 Å². The van der Waals surface area contributed by atoms with Crippen molar-refractivity contribution in [2.75, 3.05) is 5.73 Å². The lowest BCUT2D eigenvalue weighted by atomic mass is 10.0. The Kier molecular flexibility index (Phi) is 2.38. The highest BCUT2D eigenvalue weighted by Crippen LogP contribution is 2.25. The van der Waals surface area contributed by atoms with Crippen molar-refractivity contribution < 1.29 is 0 Å². The van der Waals surface area contributed by atoms with Crippen molar-refractivity contribution in [3.63, 3.8) is 0 Å². The van der Waals surface area contributed by atoms with Crippen molar-refractivity contribution in [2.24, 2.45) is 0 Å². The van der Waals surface area contributed by atoms with Crippen LogP contribution in [0.4, 0.5) is 5.69 Å². The second-order valence-electron chi connectivity index (χ2n) is 2.76. The number of rotatable bonds is 1. The molecule has 0 amide bonds. The summed E-state index contributed by atoms with van der Waals surface area (Å²) in [7, 11) is 0. The van der Waals surface area contributed by atoms with Crippen LogP contribution >= 0.6 is 11.6 Å². The minimum atomic E-state index is 0.568. The highest BCUT2D eigenvalue weighted by molar-refractivity contribution is 6.32. The van der Waals surface area contributed by atoms with Crippen LogP contribution in [-0.2, 0) is 0 Å². The molecule has 1 aromatic carbocycles. The van der Waals surface area contributed by atoms with Crippen LogP contribution in [-0.4, -0.2) is 6.21 Å². The fraction of sp³-hybridized carbons (Fsp3) is 0.222. The maximum Gasteiger partial charge on any atom is 0.0458 e. The summed E-state index contributed by atoms with van der Waals surface area (Å²) in [5.74, 6) is 0. The van der Waals surface area contributed by atoms with Gasteiger partial charge in [0.2, 0.25) is 0 Å². The summed E-state index contributed by atoms with van der Waals surface area (Å²) in [5, 5.41) is 7.81. The Morgan fingerprint density at radius 1 is 1.42 bits per heavy atom. The first kappa shape index (κ1) is 9.07. The molecule has 1 rings (SSSR count). The zero-order valence-corrected chi connectivity index (χ0v) is 7.87. The summed E-state index contributed by atoms with van der Waals surface area (Å²) in [6.07, 6.45) is 1.26. The number of halogens is 1. The molecule has 0 fully saturated rings. The average molecular weight is 183 g/mol. The Morgan fingerprint density at radius 2 is 2.00 bits per heavy atom. The fourth-order valence-corrected chi connectivity index (χ4v) is 1.37. The Hall–Kier alpha value is -1.02. The van der Waals surface area contributed by atoms with Gasteiger partial charge >= 0.3 is 0 Å². The molecule has 1 aromatic rings. The van der Waals surface area contributed by atoms with E-state index in [4.69, 9.17) is 22.7 Å². The molecule has 12 heavy (non-hydrogen) atoms. The molecule has 0 saturated carbocycles. The van der Waals surface area contributed by atoms with Crippen molar-refractivity contribution in [3.05, 3.63) is 27.8 Å². The SMILES string of the molecule is Cc1c(Cl)cc(N)c(C=N)c1C. The average Bonchev–Trinajstić information content (AvgIpc) is 2.01. The number of benzene rings is 1. The number of hydrogen-bond donors (Lipinski definition) is 2. The number of nitrogens with one attached hydrogen (secondary N) is 1. The van der Waals surface area contributed by atoms with Gasteiger partial charge in [-0.3, -0.25) is 0 Å². The van der Waals surface area contributed by atoms with Crippen LogP contribution in [0.5, 0.6) is 0 Å². The predicted molar refractivity (Wildman–Crippen MR) is 53.2 cm³/mol. The summed E-state index contributed by atoms with van der Waals surface area (Å²) in [6.45, 7) is 3.84. The molecule has 0 radical (unpaired) electrons. The zero-order valence-electron chi connectivity index (χ0n) is 7.11. The molecule has 0 bridgehead atoms. The van der Waals surface area contributed by atoms with E-state index in [9.17, 15) is 0 Å². The normalized spacial score (nSPS) is 9.92. The van der Waals surface area contributed by atoms with Gasteiger partial charge < -0.3 is 11.1 Å². The standard InChI is InChI=1S/C9H11ClN2/c1-5-6(2)8(10)3-9(12)7(5)4-11/h3-4,11H,12H2,1-2H3.